The van der Waals surface area contributed by atoms with Gasteiger partial charge in [0.1, 0.15) is 0 Å². The first-order valence-corrected chi connectivity index (χ1v) is 10.4. The van der Waals surface area contributed by atoms with Crippen molar-refractivity contribution in [1.82, 2.24) is 15.5 Å². The standard InChI is InChI=1S/C21H34N4O4.HI/c1-5-22-20(24-17-10-12-25(13-11-17)21(26)29-7-3)23-15-16-8-9-18(28-6-2)19(14-16)27-4;/h8-9,14,17H,5-7,10-13,15H2,1-4H3,(H2,22,23,24);1H. The number of nitrogens with zero attached hydrogens (tertiary/aromatic N) is 2. The molecule has 9 heteroatoms. The Kier molecular flexibility index (Phi) is 12.3. The summed E-state index contributed by atoms with van der Waals surface area (Å²) in [6.45, 7) is 9.49. The average molecular weight is 534 g/mol. The Balaban J connectivity index is 0.00000450. The van der Waals surface area contributed by atoms with Crippen LogP contribution in [-0.2, 0) is 11.3 Å². The number of halogens is 1. The second-order valence-corrected chi connectivity index (χ2v) is 6.72. The third kappa shape index (κ3) is 8.08. The molecule has 170 valence electrons. The van der Waals surface area contributed by atoms with Crippen LogP contribution in [0, 0.1) is 0 Å². The maximum absolute atomic E-state index is 11.8. The van der Waals surface area contributed by atoms with E-state index >= 15 is 0 Å². The highest BCUT2D eigenvalue weighted by atomic mass is 127. The molecule has 8 nitrogen and oxygen atoms in total. The van der Waals surface area contributed by atoms with Gasteiger partial charge in [0.15, 0.2) is 17.5 Å². The maximum atomic E-state index is 11.8. The third-order valence-corrected chi connectivity index (χ3v) is 4.65. The lowest BCUT2D eigenvalue weighted by molar-refractivity contribution is 0.0963. The van der Waals surface area contributed by atoms with Crippen LogP contribution >= 0.6 is 24.0 Å². The average Bonchev–Trinajstić information content (AvgIpc) is 2.73. The Bertz CT molecular complexity index is 679. The predicted octanol–water partition coefficient (Wildman–Crippen LogP) is 3.39. The molecule has 30 heavy (non-hydrogen) atoms. The number of carbonyl (C=O) groups is 1. The Morgan fingerprint density at radius 1 is 1.17 bits per heavy atom. The van der Waals surface area contributed by atoms with Crippen LogP contribution in [0.5, 0.6) is 11.5 Å². The van der Waals surface area contributed by atoms with Gasteiger partial charge in [-0.3, -0.25) is 0 Å². The molecule has 1 aromatic rings. The largest absolute Gasteiger partial charge is 0.493 e. The summed E-state index contributed by atoms with van der Waals surface area (Å²) in [6.07, 6.45) is 1.50. The lowest BCUT2D eigenvalue weighted by atomic mass is 10.1. The summed E-state index contributed by atoms with van der Waals surface area (Å²) in [5.74, 6) is 2.22. The molecule has 0 aromatic heterocycles. The Morgan fingerprint density at radius 3 is 2.50 bits per heavy atom. The van der Waals surface area contributed by atoms with E-state index < -0.39 is 0 Å². The molecule has 1 saturated heterocycles. The van der Waals surface area contributed by atoms with Gasteiger partial charge in [-0.1, -0.05) is 6.07 Å². The predicted molar refractivity (Wildman–Crippen MR) is 129 cm³/mol. The van der Waals surface area contributed by atoms with E-state index in [0.717, 1.165) is 36.7 Å². The Morgan fingerprint density at radius 2 is 1.90 bits per heavy atom. The van der Waals surface area contributed by atoms with Crippen molar-refractivity contribution in [3.8, 4) is 11.5 Å². The van der Waals surface area contributed by atoms with Crippen molar-refractivity contribution in [2.24, 2.45) is 4.99 Å². The van der Waals surface area contributed by atoms with Crippen molar-refractivity contribution in [1.29, 1.82) is 0 Å². The highest BCUT2D eigenvalue weighted by Crippen LogP contribution is 2.28. The normalized spacial score (nSPS) is 14.5. The molecule has 1 heterocycles. The molecule has 1 aromatic carbocycles. The van der Waals surface area contributed by atoms with Gasteiger partial charge in [-0.2, -0.15) is 0 Å². The molecule has 0 atom stereocenters. The van der Waals surface area contributed by atoms with Crippen molar-refractivity contribution in [2.45, 2.75) is 46.2 Å². The molecule has 1 aliphatic rings. The molecule has 1 amide bonds. The summed E-state index contributed by atoms with van der Waals surface area (Å²) in [4.78, 5) is 18.3. The second kappa shape index (κ2) is 14.2. The van der Waals surface area contributed by atoms with Crippen molar-refractivity contribution in [2.75, 3.05) is 40.0 Å². The SMILES string of the molecule is CCNC(=NCc1ccc(OCC)c(OC)c1)NC1CCN(C(=O)OCC)CC1.I. The third-order valence-electron chi connectivity index (χ3n) is 4.65. The van der Waals surface area contributed by atoms with E-state index in [0.29, 0.717) is 38.6 Å². The number of carbonyl (C=O) groups excluding carboxylic acids is 1. The highest BCUT2D eigenvalue weighted by Gasteiger charge is 2.24. The second-order valence-electron chi connectivity index (χ2n) is 6.72. The molecule has 0 unspecified atom stereocenters. The molecule has 1 aliphatic heterocycles. The number of methoxy groups -OCH3 is 1. The fourth-order valence-corrected chi connectivity index (χ4v) is 3.19. The first-order valence-electron chi connectivity index (χ1n) is 10.4. The number of guanidine groups is 1. The molecular weight excluding hydrogens is 499 g/mol. The number of ether oxygens (including phenoxy) is 3. The molecule has 2 N–H and O–H groups in total. The minimum atomic E-state index is -0.226. The fraction of sp³-hybridized carbons (Fsp3) is 0.619. The van der Waals surface area contributed by atoms with Crippen molar-refractivity contribution >= 4 is 36.0 Å². The molecular formula is C21H35IN4O4. The minimum Gasteiger partial charge on any atom is -0.493 e. The Hall–Kier alpha value is -1.91. The number of likely N-dealkylation sites (tertiary alicyclic amines) is 1. The van der Waals surface area contributed by atoms with Crippen LogP contribution in [0.2, 0.25) is 0 Å². The highest BCUT2D eigenvalue weighted by molar-refractivity contribution is 14.0. The van der Waals surface area contributed by atoms with Gasteiger partial charge in [0.05, 0.1) is 26.9 Å². The summed E-state index contributed by atoms with van der Waals surface area (Å²) >= 11 is 0. The van der Waals surface area contributed by atoms with Crippen LogP contribution in [0.3, 0.4) is 0 Å². The minimum absolute atomic E-state index is 0. The number of aliphatic imine (C=N–C) groups is 1. The van der Waals surface area contributed by atoms with Crippen LogP contribution in [0.25, 0.3) is 0 Å². The summed E-state index contributed by atoms with van der Waals surface area (Å²) in [5.41, 5.74) is 1.04. The van der Waals surface area contributed by atoms with E-state index in [1.165, 1.54) is 0 Å². The lowest BCUT2D eigenvalue weighted by Crippen LogP contribution is -2.49. The molecule has 0 aliphatic carbocycles. The summed E-state index contributed by atoms with van der Waals surface area (Å²) < 4.78 is 16.1. The van der Waals surface area contributed by atoms with Crippen LogP contribution in [0.15, 0.2) is 23.2 Å². The van der Waals surface area contributed by atoms with Gasteiger partial charge in [-0.15, -0.1) is 24.0 Å². The van der Waals surface area contributed by atoms with E-state index in [-0.39, 0.29) is 36.1 Å². The zero-order valence-corrected chi connectivity index (χ0v) is 20.7. The van der Waals surface area contributed by atoms with Gasteiger partial charge in [0.2, 0.25) is 0 Å². The fourth-order valence-electron chi connectivity index (χ4n) is 3.19. The van der Waals surface area contributed by atoms with Crippen molar-refractivity contribution < 1.29 is 19.0 Å². The molecule has 0 bridgehead atoms. The zero-order valence-electron chi connectivity index (χ0n) is 18.4. The number of piperidine rings is 1. The molecule has 1 fully saturated rings. The molecule has 0 spiro atoms. The summed E-state index contributed by atoms with van der Waals surface area (Å²) in [7, 11) is 1.64. The van der Waals surface area contributed by atoms with Gasteiger partial charge >= 0.3 is 6.09 Å². The number of hydrogen-bond acceptors (Lipinski definition) is 5. The molecule has 0 radical (unpaired) electrons. The van der Waals surface area contributed by atoms with Crippen LogP contribution in [-0.4, -0.2) is 63.0 Å². The van der Waals surface area contributed by atoms with Gasteiger partial charge in [0, 0.05) is 25.7 Å². The number of hydrogen-bond donors (Lipinski definition) is 2. The van der Waals surface area contributed by atoms with E-state index in [4.69, 9.17) is 19.2 Å². The monoisotopic (exact) mass is 534 g/mol. The number of benzene rings is 1. The summed E-state index contributed by atoms with van der Waals surface area (Å²) in [6, 6.07) is 6.14. The summed E-state index contributed by atoms with van der Waals surface area (Å²) in [5, 5.41) is 6.78. The van der Waals surface area contributed by atoms with Crippen molar-refractivity contribution in [3.63, 3.8) is 0 Å². The lowest BCUT2D eigenvalue weighted by Gasteiger charge is -2.32. The topological polar surface area (TPSA) is 84.4 Å². The van der Waals surface area contributed by atoms with Crippen LogP contribution in [0.4, 0.5) is 4.79 Å². The number of nitrogens with one attached hydrogen (secondary N) is 2. The molecule has 2 rings (SSSR count). The molecule has 0 saturated carbocycles. The van der Waals surface area contributed by atoms with E-state index in [1.807, 2.05) is 39.0 Å². The van der Waals surface area contributed by atoms with Crippen molar-refractivity contribution in [3.05, 3.63) is 23.8 Å². The zero-order chi connectivity index (χ0) is 21.1. The van der Waals surface area contributed by atoms with Gasteiger partial charge in [-0.25, -0.2) is 9.79 Å². The number of amides is 1. The first kappa shape index (κ1) is 26.1. The first-order chi connectivity index (χ1) is 14.1. The number of rotatable bonds is 8. The smallest absolute Gasteiger partial charge is 0.409 e. The van der Waals surface area contributed by atoms with Gasteiger partial charge in [-0.05, 0) is 51.3 Å². The Labute approximate surface area is 196 Å². The maximum Gasteiger partial charge on any atom is 0.409 e. The van der Waals surface area contributed by atoms with Crippen LogP contribution in [0.1, 0.15) is 39.2 Å². The van der Waals surface area contributed by atoms with E-state index in [9.17, 15) is 4.79 Å². The van der Waals surface area contributed by atoms with E-state index in [2.05, 4.69) is 10.6 Å². The van der Waals surface area contributed by atoms with Crippen LogP contribution < -0.4 is 20.1 Å². The quantitative estimate of drug-likeness (QED) is 0.302. The van der Waals surface area contributed by atoms with Gasteiger partial charge in [0.25, 0.3) is 0 Å². The van der Waals surface area contributed by atoms with Gasteiger partial charge < -0.3 is 29.7 Å². The van der Waals surface area contributed by atoms with E-state index in [1.54, 1.807) is 12.0 Å².